The van der Waals surface area contributed by atoms with Crippen LogP contribution in [0, 0.1) is 5.92 Å². The second-order valence-corrected chi connectivity index (χ2v) is 17.6. The van der Waals surface area contributed by atoms with Crippen molar-refractivity contribution in [1.82, 2.24) is 25.2 Å². The molecule has 3 N–H and O–H groups in total. The van der Waals surface area contributed by atoms with Crippen molar-refractivity contribution in [2.75, 3.05) is 13.7 Å². The van der Waals surface area contributed by atoms with E-state index in [2.05, 4.69) is 20.3 Å². The van der Waals surface area contributed by atoms with Gasteiger partial charge in [-0.25, -0.2) is 13.4 Å². The molecule has 4 aliphatic rings. The Balaban J connectivity index is 1.16. The number of fused-ring (bicyclic) bond motifs is 3. The normalized spacial score (nSPS) is 28.4. The number of thiazole rings is 1. The first kappa shape index (κ1) is 35.4. The van der Waals surface area contributed by atoms with E-state index in [0.717, 1.165) is 41.5 Å². The highest BCUT2D eigenvalue weighted by molar-refractivity contribution is 7.91. The molecule has 1 aromatic heterocycles. The number of rotatable bonds is 9. The van der Waals surface area contributed by atoms with Crippen LogP contribution in [0.15, 0.2) is 60.7 Å². The molecule has 272 valence electrons. The highest BCUT2D eigenvalue weighted by Crippen LogP contribution is 2.47. The average molecular weight is 736 g/mol. The molecule has 14 heteroatoms. The maximum atomic E-state index is 14.5. The zero-order valence-electron chi connectivity index (χ0n) is 28.9. The molecule has 51 heavy (non-hydrogen) atoms. The summed E-state index contributed by atoms with van der Waals surface area (Å²) in [5.74, 6) is -1.13. The first-order valence-corrected chi connectivity index (χ1v) is 20.0. The SMILES string of the molecule is COc1ccc2nc(O[C@@H]3C[C@H]4C(=O)N[C@]5(C(=O)NS(=O)(=O)C6(C)CC6)C[C@H]5/C=C\CCCCC[C@H](NCc5ccccc5)C(=O)N4C3)sc2c1. The van der Waals surface area contributed by atoms with Crippen molar-refractivity contribution in [1.29, 1.82) is 0 Å². The number of carbonyl (C=O) groups excluding carboxylic acids is 3. The molecule has 2 saturated carbocycles. The Bertz CT molecular complexity index is 1930. The molecule has 1 saturated heterocycles. The summed E-state index contributed by atoms with van der Waals surface area (Å²) in [6.07, 6.45) is 8.77. The van der Waals surface area contributed by atoms with Crippen LogP contribution in [0.5, 0.6) is 10.9 Å². The lowest BCUT2D eigenvalue weighted by molar-refractivity contribution is -0.141. The van der Waals surface area contributed by atoms with Crippen molar-refractivity contribution in [2.24, 2.45) is 5.92 Å². The third-order valence-electron chi connectivity index (χ3n) is 10.7. The zero-order valence-corrected chi connectivity index (χ0v) is 30.6. The van der Waals surface area contributed by atoms with E-state index in [1.807, 2.05) is 60.7 Å². The molecule has 3 fully saturated rings. The summed E-state index contributed by atoms with van der Waals surface area (Å²) >= 11 is 1.36. The minimum Gasteiger partial charge on any atom is -0.497 e. The van der Waals surface area contributed by atoms with Crippen molar-refractivity contribution < 1.29 is 32.3 Å². The Morgan fingerprint density at radius 1 is 1.12 bits per heavy atom. The van der Waals surface area contributed by atoms with E-state index in [9.17, 15) is 22.8 Å². The average Bonchev–Trinajstić information content (AvgIpc) is 3.93. The number of methoxy groups -OCH3 is 1. The minimum atomic E-state index is -3.93. The fourth-order valence-corrected chi connectivity index (χ4v) is 9.26. The summed E-state index contributed by atoms with van der Waals surface area (Å²) in [7, 11) is -2.33. The van der Waals surface area contributed by atoms with Gasteiger partial charge in [0, 0.05) is 18.9 Å². The summed E-state index contributed by atoms with van der Waals surface area (Å²) in [6, 6.07) is 13.9. The smallest absolute Gasteiger partial charge is 0.274 e. The van der Waals surface area contributed by atoms with Gasteiger partial charge in [-0.1, -0.05) is 66.7 Å². The fourth-order valence-electron chi connectivity index (χ4n) is 7.04. The van der Waals surface area contributed by atoms with E-state index >= 15 is 0 Å². The van der Waals surface area contributed by atoms with Crippen molar-refractivity contribution >= 4 is 49.3 Å². The van der Waals surface area contributed by atoms with Crippen LogP contribution in [0.2, 0.25) is 0 Å². The predicted molar refractivity (Wildman–Crippen MR) is 194 cm³/mol. The molecule has 2 aliphatic carbocycles. The summed E-state index contributed by atoms with van der Waals surface area (Å²) in [6.45, 7) is 2.25. The molecule has 12 nitrogen and oxygen atoms in total. The van der Waals surface area contributed by atoms with Gasteiger partial charge in [0.15, 0.2) is 0 Å². The molecule has 0 spiro atoms. The van der Waals surface area contributed by atoms with Crippen molar-refractivity contribution in [3.8, 4) is 10.9 Å². The van der Waals surface area contributed by atoms with Gasteiger partial charge in [0.1, 0.15) is 23.4 Å². The van der Waals surface area contributed by atoms with E-state index in [1.165, 1.54) is 11.3 Å². The fraction of sp³-hybridized carbons (Fsp3) is 0.514. The number of carbonyl (C=O) groups is 3. The van der Waals surface area contributed by atoms with Crippen LogP contribution < -0.4 is 24.8 Å². The molecule has 7 rings (SSSR count). The summed E-state index contributed by atoms with van der Waals surface area (Å²) < 4.78 is 40.1. The maximum Gasteiger partial charge on any atom is 0.274 e. The van der Waals surface area contributed by atoms with Gasteiger partial charge in [0.05, 0.1) is 34.7 Å². The van der Waals surface area contributed by atoms with Crippen molar-refractivity contribution in [3.63, 3.8) is 0 Å². The molecule has 3 aromatic rings. The van der Waals surface area contributed by atoms with E-state index in [4.69, 9.17) is 9.47 Å². The monoisotopic (exact) mass is 735 g/mol. The maximum absolute atomic E-state index is 14.5. The van der Waals surface area contributed by atoms with Gasteiger partial charge in [-0.2, -0.15) is 0 Å². The Labute approximate surface area is 302 Å². The van der Waals surface area contributed by atoms with Gasteiger partial charge in [-0.15, -0.1) is 0 Å². The third kappa shape index (κ3) is 7.49. The van der Waals surface area contributed by atoms with Gasteiger partial charge in [-0.05, 0) is 69.2 Å². The third-order valence-corrected chi connectivity index (χ3v) is 13.8. The number of nitrogens with one attached hydrogen (secondary N) is 3. The predicted octanol–water partition coefficient (Wildman–Crippen LogP) is 4.21. The Morgan fingerprint density at radius 2 is 1.92 bits per heavy atom. The quantitative estimate of drug-likeness (QED) is 0.274. The number of hydrogen-bond donors (Lipinski definition) is 3. The Kier molecular flexibility index (Phi) is 9.85. The van der Waals surface area contributed by atoms with Gasteiger partial charge < -0.3 is 25.0 Å². The highest BCUT2D eigenvalue weighted by Gasteiger charge is 2.63. The molecule has 3 heterocycles. The number of amides is 3. The second kappa shape index (κ2) is 14.2. The van der Waals surface area contributed by atoms with Crippen molar-refractivity contribution in [2.45, 2.75) is 99.7 Å². The zero-order chi connectivity index (χ0) is 35.8. The van der Waals surface area contributed by atoms with E-state index < -0.39 is 50.3 Å². The molecule has 0 radical (unpaired) electrons. The van der Waals surface area contributed by atoms with Gasteiger partial charge in [0.2, 0.25) is 21.8 Å². The summed E-state index contributed by atoms with van der Waals surface area (Å²) in [5, 5.41) is 6.83. The number of benzene rings is 2. The van der Waals surface area contributed by atoms with Crippen LogP contribution in [0.1, 0.15) is 70.3 Å². The van der Waals surface area contributed by atoms with Crippen LogP contribution in [-0.4, -0.2) is 78.2 Å². The van der Waals surface area contributed by atoms with Crippen molar-refractivity contribution in [3.05, 3.63) is 66.2 Å². The van der Waals surface area contributed by atoms with Crippen LogP contribution >= 0.6 is 11.3 Å². The first-order valence-electron chi connectivity index (χ1n) is 17.7. The first-order chi connectivity index (χ1) is 24.5. The number of allylic oxidation sites excluding steroid dienone is 1. The molecule has 0 bridgehead atoms. The van der Waals surface area contributed by atoms with Crippen LogP contribution in [-0.2, 0) is 31.0 Å². The lowest BCUT2D eigenvalue weighted by atomic mass is 10.0. The van der Waals surface area contributed by atoms with Crippen LogP contribution in [0.25, 0.3) is 10.2 Å². The molecule has 5 atom stereocenters. The lowest BCUT2D eigenvalue weighted by Crippen LogP contribution is -2.58. The number of hydrogen-bond acceptors (Lipinski definition) is 10. The molecule has 2 aliphatic heterocycles. The van der Waals surface area contributed by atoms with Crippen LogP contribution in [0.3, 0.4) is 0 Å². The van der Waals surface area contributed by atoms with Gasteiger partial charge >= 0.3 is 0 Å². The van der Waals surface area contributed by atoms with Crippen LogP contribution in [0.4, 0.5) is 0 Å². The molecule has 2 aromatic carbocycles. The largest absolute Gasteiger partial charge is 0.497 e. The van der Waals surface area contributed by atoms with Gasteiger partial charge in [-0.3, -0.25) is 19.1 Å². The highest BCUT2D eigenvalue weighted by atomic mass is 32.2. The van der Waals surface area contributed by atoms with E-state index in [0.29, 0.717) is 36.8 Å². The lowest BCUT2D eigenvalue weighted by Gasteiger charge is -2.30. The number of ether oxygens (including phenoxy) is 2. The minimum absolute atomic E-state index is 0.148. The number of aromatic nitrogens is 1. The topological polar surface area (TPSA) is 156 Å². The second-order valence-electron chi connectivity index (χ2n) is 14.4. The van der Waals surface area contributed by atoms with Gasteiger partial charge in [0.25, 0.3) is 11.1 Å². The molecular formula is C37H45N5O7S2. The summed E-state index contributed by atoms with van der Waals surface area (Å²) in [4.78, 5) is 48.8. The molecular weight excluding hydrogens is 691 g/mol. The summed E-state index contributed by atoms with van der Waals surface area (Å²) in [5.41, 5.74) is 0.355. The molecule has 3 amide bonds. The molecule has 0 unspecified atom stereocenters. The number of nitrogens with zero attached hydrogens (tertiary/aromatic N) is 2. The Morgan fingerprint density at radius 3 is 2.69 bits per heavy atom. The standard InChI is InChI=1S/C37H45N5O7S2/c1-36(17-18-36)51(46,47)41-34(45)37-21-25(37)13-9-4-3-5-10-14-29(38-22-24-11-7-6-8-12-24)33(44)42-23-27(19-30(42)32(43)40-37)49-35-39-28-16-15-26(48-2)20-31(28)50-35/h6-9,11-13,15-16,20,25,27,29-30,38H,3-5,10,14,17-19,21-23H2,1-2H3,(H,40,43)(H,41,45)/b13-9-/t25-,27-,29+,30+,37-/m1/s1. The Hall–Kier alpha value is -4.01. The number of sulfonamides is 1. The van der Waals surface area contributed by atoms with E-state index in [-0.39, 0.29) is 31.2 Å². The van der Waals surface area contributed by atoms with E-state index in [1.54, 1.807) is 18.9 Å².